The molecule has 0 aliphatic carbocycles. The fourth-order valence-corrected chi connectivity index (χ4v) is 1.95. The first-order chi connectivity index (χ1) is 6.95. The van der Waals surface area contributed by atoms with E-state index in [1.807, 2.05) is 10.2 Å². The maximum absolute atomic E-state index is 11.4. The second-order valence-electron chi connectivity index (χ2n) is 2.80. The van der Waals surface area contributed by atoms with Gasteiger partial charge in [0.15, 0.2) is 0 Å². The van der Waals surface area contributed by atoms with Crippen LogP contribution >= 0.6 is 0 Å². The maximum Gasteiger partial charge on any atom is 0.264 e. The van der Waals surface area contributed by atoms with Crippen molar-refractivity contribution < 1.29 is 18.4 Å². The monoisotopic (exact) mass is 230 g/mol. The van der Waals surface area contributed by atoms with Crippen molar-refractivity contribution in [2.75, 3.05) is 5.48 Å². The molecule has 0 fully saturated rings. The molecule has 0 unspecified atom stereocenters. The molecule has 0 atom stereocenters. The lowest BCUT2D eigenvalue weighted by atomic mass is 10.3. The molecule has 1 rings (SSSR count). The number of hydrogen-bond acceptors (Lipinski definition) is 5. The Morgan fingerprint density at radius 1 is 1.27 bits per heavy atom. The van der Waals surface area contributed by atoms with E-state index >= 15 is 0 Å². The van der Waals surface area contributed by atoms with Gasteiger partial charge < -0.3 is 0 Å². The summed E-state index contributed by atoms with van der Waals surface area (Å²) < 4.78 is 24.7. The van der Waals surface area contributed by atoms with E-state index in [4.69, 9.17) is 5.21 Å². The van der Waals surface area contributed by atoms with E-state index in [1.165, 1.54) is 24.3 Å². The van der Waals surface area contributed by atoms with Crippen molar-refractivity contribution >= 4 is 21.6 Å². The lowest BCUT2D eigenvalue weighted by Gasteiger charge is -2.05. The highest BCUT2D eigenvalue weighted by Gasteiger charge is 2.14. The van der Waals surface area contributed by atoms with Crippen molar-refractivity contribution in [3.8, 4) is 0 Å². The summed E-state index contributed by atoms with van der Waals surface area (Å²) in [5, 5.41) is 8.51. The molecular weight excluding hydrogens is 220 g/mol. The molecule has 0 aliphatic heterocycles. The molecule has 82 valence electrons. The van der Waals surface area contributed by atoms with Gasteiger partial charge in [-0.05, 0) is 24.3 Å². The molecule has 0 radical (unpaired) electrons. The van der Waals surface area contributed by atoms with Crippen LogP contribution in [0.15, 0.2) is 29.2 Å². The van der Waals surface area contributed by atoms with Gasteiger partial charge in [0.2, 0.25) is 5.91 Å². The van der Waals surface area contributed by atoms with Crippen LogP contribution in [0.2, 0.25) is 0 Å². The van der Waals surface area contributed by atoms with Crippen LogP contribution in [0.1, 0.15) is 6.92 Å². The first-order valence-corrected chi connectivity index (χ1v) is 5.47. The average molecular weight is 230 g/mol. The summed E-state index contributed by atoms with van der Waals surface area (Å²) >= 11 is 0. The molecule has 0 aromatic heterocycles. The highest BCUT2D eigenvalue weighted by Crippen LogP contribution is 2.12. The average Bonchev–Trinajstić information content (AvgIpc) is 2.16. The highest BCUT2D eigenvalue weighted by molar-refractivity contribution is 7.90. The molecule has 7 heteroatoms. The van der Waals surface area contributed by atoms with E-state index in [-0.39, 0.29) is 4.90 Å². The van der Waals surface area contributed by atoms with E-state index in [1.54, 1.807) is 0 Å². The van der Waals surface area contributed by atoms with Gasteiger partial charge in [-0.25, -0.2) is 13.1 Å². The molecule has 0 bridgehead atoms. The quantitative estimate of drug-likeness (QED) is 0.649. The van der Waals surface area contributed by atoms with Crippen molar-refractivity contribution in [1.82, 2.24) is 4.72 Å². The largest absolute Gasteiger partial charge is 0.291 e. The second-order valence-corrected chi connectivity index (χ2v) is 4.48. The molecule has 0 aliphatic rings. The molecule has 0 spiro atoms. The lowest BCUT2D eigenvalue weighted by Crippen LogP contribution is -2.28. The molecule has 1 aromatic carbocycles. The highest BCUT2D eigenvalue weighted by atomic mass is 32.2. The maximum atomic E-state index is 11.4. The summed E-state index contributed by atoms with van der Waals surface area (Å²) in [6.07, 6.45) is 0. The molecule has 0 saturated carbocycles. The van der Waals surface area contributed by atoms with E-state index < -0.39 is 15.9 Å². The Hall–Kier alpha value is -1.60. The van der Waals surface area contributed by atoms with Gasteiger partial charge in [-0.2, -0.15) is 0 Å². The van der Waals surface area contributed by atoms with Crippen LogP contribution in [0.25, 0.3) is 0 Å². The first kappa shape index (κ1) is 11.5. The van der Waals surface area contributed by atoms with Crippen LogP contribution in [-0.2, 0) is 14.8 Å². The Bertz CT molecular complexity index is 452. The van der Waals surface area contributed by atoms with Crippen molar-refractivity contribution in [3.63, 3.8) is 0 Å². The van der Waals surface area contributed by atoms with Crippen LogP contribution in [0, 0.1) is 0 Å². The van der Waals surface area contributed by atoms with E-state index in [2.05, 4.69) is 0 Å². The number of carbonyl (C=O) groups is 1. The fraction of sp³-hybridized carbons (Fsp3) is 0.125. The van der Waals surface area contributed by atoms with E-state index in [0.29, 0.717) is 5.69 Å². The zero-order valence-corrected chi connectivity index (χ0v) is 8.71. The number of anilines is 1. The third kappa shape index (κ3) is 2.93. The number of nitrogens with one attached hydrogen (secondary N) is 2. The zero-order valence-electron chi connectivity index (χ0n) is 7.89. The third-order valence-electron chi connectivity index (χ3n) is 1.57. The number of hydrogen-bond donors (Lipinski definition) is 3. The SMILES string of the molecule is CC(=O)NS(=O)(=O)c1ccc(NO)cc1. The number of rotatable bonds is 3. The molecule has 0 saturated heterocycles. The molecule has 3 N–H and O–H groups in total. The van der Waals surface area contributed by atoms with Crippen LogP contribution in [0.4, 0.5) is 5.69 Å². The standard InChI is InChI=1S/C8H10N2O4S/c1-6(11)10-15(13,14)8-4-2-7(9-12)3-5-8/h2-5,9,12H,1H3,(H,10,11). The minimum absolute atomic E-state index is 0.0447. The Balaban J connectivity index is 3.01. The summed E-state index contributed by atoms with van der Waals surface area (Å²) in [7, 11) is -3.79. The third-order valence-corrected chi connectivity index (χ3v) is 3.02. The summed E-state index contributed by atoms with van der Waals surface area (Å²) in [5.41, 5.74) is 2.22. The zero-order chi connectivity index (χ0) is 11.5. The smallest absolute Gasteiger partial charge is 0.264 e. The van der Waals surface area contributed by atoms with Gasteiger partial charge in [-0.15, -0.1) is 0 Å². The van der Waals surface area contributed by atoms with E-state index in [9.17, 15) is 13.2 Å². The summed E-state index contributed by atoms with van der Waals surface area (Å²) in [4.78, 5) is 10.6. The van der Waals surface area contributed by atoms with Crippen molar-refractivity contribution in [2.24, 2.45) is 0 Å². The molecule has 1 amide bonds. The minimum Gasteiger partial charge on any atom is -0.291 e. The van der Waals surface area contributed by atoms with Crippen LogP contribution in [0.3, 0.4) is 0 Å². The minimum atomic E-state index is -3.79. The number of carbonyl (C=O) groups excluding carboxylic acids is 1. The van der Waals surface area contributed by atoms with Gasteiger partial charge in [0.25, 0.3) is 10.0 Å². The molecule has 0 heterocycles. The van der Waals surface area contributed by atoms with Gasteiger partial charge in [0, 0.05) is 6.92 Å². The first-order valence-electron chi connectivity index (χ1n) is 3.99. The van der Waals surface area contributed by atoms with Gasteiger partial charge in [0.1, 0.15) is 0 Å². The van der Waals surface area contributed by atoms with Gasteiger partial charge in [-0.1, -0.05) is 0 Å². The second kappa shape index (κ2) is 4.28. The van der Waals surface area contributed by atoms with Crippen molar-refractivity contribution in [3.05, 3.63) is 24.3 Å². The topological polar surface area (TPSA) is 95.5 Å². The fourth-order valence-electron chi connectivity index (χ4n) is 0.957. The lowest BCUT2D eigenvalue weighted by molar-refractivity contribution is -0.117. The van der Waals surface area contributed by atoms with Crippen molar-refractivity contribution in [1.29, 1.82) is 0 Å². The van der Waals surface area contributed by atoms with Crippen LogP contribution in [-0.4, -0.2) is 19.5 Å². The van der Waals surface area contributed by atoms with Gasteiger partial charge >= 0.3 is 0 Å². The number of amides is 1. The molecular formula is C8H10N2O4S. The predicted molar refractivity (Wildman–Crippen MR) is 52.9 cm³/mol. The Morgan fingerprint density at radius 3 is 2.20 bits per heavy atom. The molecule has 1 aromatic rings. The number of sulfonamides is 1. The Kier molecular flexibility index (Phi) is 3.28. The van der Waals surface area contributed by atoms with Gasteiger partial charge in [-0.3, -0.25) is 15.5 Å². The van der Waals surface area contributed by atoms with Gasteiger partial charge in [0.05, 0.1) is 10.6 Å². The molecule has 15 heavy (non-hydrogen) atoms. The summed E-state index contributed by atoms with van der Waals surface area (Å²) in [6.45, 7) is 1.11. The van der Waals surface area contributed by atoms with Crippen LogP contribution < -0.4 is 10.2 Å². The molecule has 6 nitrogen and oxygen atoms in total. The predicted octanol–water partition coefficient (Wildman–Crippen LogP) is 0.312. The summed E-state index contributed by atoms with van der Waals surface area (Å²) in [5.74, 6) is -0.653. The Morgan fingerprint density at radius 2 is 1.80 bits per heavy atom. The number of benzene rings is 1. The normalized spacial score (nSPS) is 10.8. The van der Waals surface area contributed by atoms with E-state index in [0.717, 1.165) is 6.92 Å². The van der Waals surface area contributed by atoms with Crippen LogP contribution in [0.5, 0.6) is 0 Å². The Labute approximate surface area is 86.9 Å². The van der Waals surface area contributed by atoms with Crippen molar-refractivity contribution in [2.45, 2.75) is 11.8 Å². The summed E-state index contributed by atoms with van der Waals surface area (Å²) in [6, 6.07) is 5.27.